The quantitative estimate of drug-likeness (QED) is 0.341. The Kier molecular flexibility index (Phi) is 6.00. The fourth-order valence-corrected chi connectivity index (χ4v) is 4.93. The number of aromatic nitrogens is 2. The van der Waals surface area contributed by atoms with Crippen molar-refractivity contribution in [3.63, 3.8) is 0 Å². The van der Waals surface area contributed by atoms with E-state index in [1.54, 1.807) is 23.0 Å². The van der Waals surface area contributed by atoms with Gasteiger partial charge in [-0.3, -0.25) is 14.9 Å². The second kappa shape index (κ2) is 9.13. The van der Waals surface area contributed by atoms with Gasteiger partial charge < -0.3 is 19.6 Å². The van der Waals surface area contributed by atoms with Crippen LogP contribution in [-0.4, -0.2) is 57.1 Å². The molecule has 1 aliphatic heterocycles. The average molecular weight is 475 g/mol. The number of H-pyrrole nitrogens is 1. The number of amides is 2. The lowest BCUT2D eigenvalue weighted by Gasteiger charge is -2.22. The van der Waals surface area contributed by atoms with E-state index in [2.05, 4.69) is 15.2 Å². The zero-order valence-corrected chi connectivity index (χ0v) is 19.6. The molecule has 7 nitrogen and oxygen atoms in total. The predicted molar refractivity (Wildman–Crippen MR) is 134 cm³/mol. The molecule has 2 amide bonds. The van der Waals surface area contributed by atoms with E-state index in [1.807, 2.05) is 38.1 Å². The Morgan fingerprint density at radius 3 is 2.46 bits per heavy atom. The lowest BCUT2D eigenvalue weighted by atomic mass is 9.95. The van der Waals surface area contributed by atoms with Crippen LogP contribution in [0.25, 0.3) is 33.0 Å². The third kappa shape index (κ3) is 4.05. The molecule has 180 valence electrons. The summed E-state index contributed by atoms with van der Waals surface area (Å²) < 4.78 is 16.0. The molecule has 0 fully saturated rings. The van der Waals surface area contributed by atoms with E-state index in [0.717, 1.165) is 24.0 Å². The minimum atomic E-state index is -0.692. The number of hydrogen-bond acceptors (Lipinski definition) is 4. The molecule has 0 radical (unpaired) electrons. The van der Waals surface area contributed by atoms with Gasteiger partial charge in [-0.2, -0.15) is 0 Å². The molecule has 0 aliphatic carbocycles. The highest BCUT2D eigenvalue weighted by Gasteiger charge is 2.35. The number of aromatic amines is 1. The maximum absolute atomic E-state index is 14.2. The van der Waals surface area contributed by atoms with Gasteiger partial charge in [-0.25, -0.2) is 4.39 Å². The van der Waals surface area contributed by atoms with Crippen LogP contribution in [-0.2, 0) is 16.1 Å². The highest BCUT2D eigenvalue weighted by atomic mass is 19.1. The number of nitrogens with one attached hydrogen (secondary N) is 2. The molecule has 8 heteroatoms. The number of likely N-dealkylation sites (N-methyl/N-ethyl adjacent to an activating group) is 1. The monoisotopic (exact) mass is 474 g/mol. The van der Waals surface area contributed by atoms with Crippen molar-refractivity contribution >= 4 is 44.8 Å². The Bertz CT molecular complexity index is 1480. The topological polar surface area (TPSA) is 90.4 Å². The van der Waals surface area contributed by atoms with Gasteiger partial charge in [0.25, 0.3) is 11.8 Å². The first-order chi connectivity index (χ1) is 16.9. The van der Waals surface area contributed by atoms with Crippen LogP contribution in [0.15, 0.2) is 54.9 Å². The van der Waals surface area contributed by atoms with E-state index < -0.39 is 23.7 Å². The van der Waals surface area contributed by atoms with Crippen molar-refractivity contribution in [3.8, 4) is 0 Å². The van der Waals surface area contributed by atoms with Crippen LogP contribution in [0.2, 0.25) is 0 Å². The van der Waals surface area contributed by atoms with Crippen LogP contribution in [0.4, 0.5) is 4.39 Å². The average Bonchev–Trinajstić information content (AvgIpc) is 3.50. The summed E-state index contributed by atoms with van der Waals surface area (Å²) in [4.78, 5) is 31.3. The van der Waals surface area contributed by atoms with E-state index in [4.69, 9.17) is 0 Å². The summed E-state index contributed by atoms with van der Waals surface area (Å²) in [7, 11) is 0. The predicted octanol–water partition coefficient (Wildman–Crippen LogP) is 3.53. The number of para-hydroxylation sites is 1. The van der Waals surface area contributed by atoms with Gasteiger partial charge in [0.15, 0.2) is 0 Å². The van der Waals surface area contributed by atoms with Gasteiger partial charge in [-0.15, -0.1) is 0 Å². The van der Waals surface area contributed by atoms with E-state index in [1.165, 1.54) is 12.1 Å². The van der Waals surface area contributed by atoms with Gasteiger partial charge >= 0.3 is 0 Å². The summed E-state index contributed by atoms with van der Waals surface area (Å²) in [6.45, 7) is 6.37. The lowest BCUT2D eigenvalue weighted by Crippen LogP contribution is -2.34. The number of fused-ring (bicyclic) bond motifs is 2. The molecule has 0 bridgehead atoms. The molecule has 4 aromatic rings. The first-order valence-corrected chi connectivity index (χ1v) is 11.8. The van der Waals surface area contributed by atoms with Crippen LogP contribution in [0.3, 0.4) is 0 Å². The minimum Gasteiger partial charge on any atom is -0.390 e. The maximum atomic E-state index is 14.2. The number of aliphatic hydroxyl groups is 1. The van der Waals surface area contributed by atoms with Crippen molar-refractivity contribution in [2.24, 2.45) is 0 Å². The van der Waals surface area contributed by atoms with Gasteiger partial charge in [0.1, 0.15) is 5.82 Å². The molecule has 35 heavy (non-hydrogen) atoms. The van der Waals surface area contributed by atoms with Crippen molar-refractivity contribution in [2.45, 2.75) is 26.5 Å². The third-order valence-corrected chi connectivity index (χ3v) is 6.67. The van der Waals surface area contributed by atoms with E-state index in [-0.39, 0.29) is 17.7 Å². The molecule has 0 saturated heterocycles. The number of hydrogen-bond donors (Lipinski definition) is 3. The Balaban J connectivity index is 1.67. The van der Waals surface area contributed by atoms with Crippen LogP contribution >= 0.6 is 0 Å². The number of imide groups is 1. The molecule has 0 spiro atoms. The molecule has 5 rings (SSSR count). The molecule has 1 aliphatic rings. The first kappa shape index (κ1) is 23.0. The normalized spacial score (nSPS) is 15.1. The molecule has 3 heterocycles. The smallest absolute Gasteiger partial charge is 0.259 e. The number of carbonyl (C=O) groups is 2. The molecule has 1 atom stereocenters. The molecule has 1 unspecified atom stereocenters. The summed E-state index contributed by atoms with van der Waals surface area (Å²) in [5.41, 5.74) is 3.08. The Hall–Kier alpha value is -3.75. The molecular weight excluding hydrogens is 447 g/mol. The molecular formula is C27H27FN4O3. The molecule has 2 aromatic carbocycles. The summed E-state index contributed by atoms with van der Waals surface area (Å²) in [5.74, 6) is -1.39. The van der Waals surface area contributed by atoms with Crippen molar-refractivity contribution in [3.05, 3.63) is 71.8 Å². The van der Waals surface area contributed by atoms with Gasteiger partial charge in [0, 0.05) is 52.9 Å². The number of halogens is 1. The van der Waals surface area contributed by atoms with Crippen molar-refractivity contribution in [2.75, 3.05) is 19.6 Å². The summed E-state index contributed by atoms with van der Waals surface area (Å²) in [5, 5.41) is 14.6. The number of benzene rings is 2. The van der Waals surface area contributed by atoms with Gasteiger partial charge in [0.05, 0.1) is 22.8 Å². The Labute approximate surface area is 201 Å². The highest BCUT2D eigenvalue weighted by Crippen LogP contribution is 2.38. The second-order valence-electron chi connectivity index (χ2n) is 8.78. The molecule has 0 saturated carbocycles. The minimum absolute atomic E-state index is 0.224. The lowest BCUT2D eigenvalue weighted by molar-refractivity contribution is -0.122. The standard InChI is InChI=1S/C27H27FN4O3/c1-3-31(4-2)13-17(33)14-32-15-21(19-10-9-16(28)11-23(19)32)25-24(26(34)30-27(25)35)20-12-29-22-8-6-5-7-18(20)22/h5-12,15,17,29,33H,3-4,13-14H2,1-2H3,(H,30,34,35). The number of aliphatic hydroxyl groups excluding tert-OH is 1. The number of nitrogens with zero attached hydrogens (tertiary/aromatic N) is 2. The van der Waals surface area contributed by atoms with Crippen molar-refractivity contribution in [1.29, 1.82) is 0 Å². The van der Waals surface area contributed by atoms with Crippen molar-refractivity contribution < 1.29 is 19.1 Å². The zero-order valence-electron chi connectivity index (χ0n) is 19.6. The summed E-state index contributed by atoms with van der Waals surface area (Å²) >= 11 is 0. The van der Waals surface area contributed by atoms with E-state index in [0.29, 0.717) is 28.6 Å². The maximum Gasteiger partial charge on any atom is 0.259 e. The summed E-state index contributed by atoms with van der Waals surface area (Å²) in [6, 6.07) is 11.9. The summed E-state index contributed by atoms with van der Waals surface area (Å²) in [6.07, 6.45) is 2.77. The van der Waals surface area contributed by atoms with Crippen LogP contribution < -0.4 is 5.32 Å². The van der Waals surface area contributed by atoms with Crippen LogP contribution in [0.5, 0.6) is 0 Å². The second-order valence-corrected chi connectivity index (χ2v) is 8.78. The SMILES string of the molecule is CCN(CC)CC(O)Cn1cc(C2=C(c3c[nH]c4ccccc34)C(=O)NC2=O)c2ccc(F)cc21. The molecule has 3 N–H and O–H groups in total. The third-order valence-electron chi connectivity index (χ3n) is 6.67. The van der Waals surface area contributed by atoms with Gasteiger partial charge in [-0.1, -0.05) is 32.0 Å². The number of carbonyl (C=O) groups excluding carboxylic acids is 2. The highest BCUT2D eigenvalue weighted by molar-refractivity contribution is 6.50. The molecule has 2 aromatic heterocycles. The van der Waals surface area contributed by atoms with E-state index >= 15 is 0 Å². The largest absolute Gasteiger partial charge is 0.390 e. The zero-order chi connectivity index (χ0) is 24.7. The fraction of sp³-hybridized carbons (Fsp3) is 0.259. The van der Waals surface area contributed by atoms with Crippen molar-refractivity contribution in [1.82, 2.24) is 19.8 Å². The van der Waals surface area contributed by atoms with Crippen LogP contribution in [0, 0.1) is 5.82 Å². The van der Waals surface area contributed by atoms with Gasteiger partial charge in [-0.05, 0) is 37.4 Å². The fourth-order valence-electron chi connectivity index (χ4n) is 4.93. The Morgan fingerprint density at radius 1 is 1.00 bits per heavy atom. The Morgan fingerprint density at radius 2 is 1.71 bits per heavy atom. The number of rotatable bonds is 8. The first-order valence-electron chi connectivity index (χ1n) is 11.8. The van der Waals surface area contributed by atoms with Crippen LogP contribution in [0.1, 0.15) is 25.0 Å². The van der Waals surface area contributed by atoms with Gasteiger partial charge in [0.2, 0.25) is 0 Å². The van der Waals surface area contributed by atoms with E-state index in [9.17, 15) is 19.1 Å².